The maximum atomic E-state index is 5.73. The van der Waals surface area contributed by atoms with Crippen molar-refractivity contribution in [3.8, 4) is 0 Å². The highest BCUT2D eigenvalue weighted by molar-refractivity contribution is 4.95. The Morgan fingerprint density at radius 1 is 1.33 bits per heavy atom. The maximum absolute atomic E-state index is 5.73. The summed E-state index contributed by atoms with van der Waals surface area (Å²) in [7, 11) is 1.66. The first-order chi connectivity index (χ1) is 8.58. The lowest BCUT2D eigenvalue weighted by Gasteiger charge is -2.08. The van der Waals surface area contributed by atoms with Crippen LogP contribution in [-0.4, -0.2) is 23.3 Å². The fraction of sp³-hybridized carbons (Fsp3) is 0.846. The molecule has 0 radical (unpaired) electrons. The van der Waals surface area contributed by atoms with Crippen molar-refractivity contribution in [1.82, 2.24) is 10.1 Å². The van der Waals surface area contributed by atoms with Crippen molar-refractivity contribution in [2.24, 2.45) is 5.73 Å². The van der Waals surface area contributed by atoms with Gasteiger partial charge in [0.15, 0.2) is 0 Å². The van der Waals surface area contributed by atoms with Crippen molar-refractivity contribution < 1.29 is 9.26 Å². The molecule has 0 bridgehead atoms. The molecular formula is C13H25N3O2. The first-order valence-corrected chi connectivity index (χ1v) is 6.70. The number of nitrogens with zero attached hydrogens (tertiary/aromatic N) is 2. The second-order valence-electron chi connectivity index (χ2n) is 4.93. The summed E-state index contributed by atoms with van der Waals surface area (Å²) in [6.07, 6.45) is 3.90. The molecule has 0 amide bonds. The Morgan fingerprint density at radius 2 is 2.06 bits per heavy atom. The third-order valence-corrected chi connectivity index (χ3v) is 3.12. The zero-order valence-corrected chi connectivity index (χ0v) is 11.8. The summed E-state index contributed by atoms with van der Waals surface area (Å²) < 4.78 is 10.6. The molecule has 5 heteroatoms. The second-order valence-corrected chi connectivity index (χ2v) is 4.93. The highest BCUT2D eigenvalue weighted by Gasteiger charge is 2.19. The van der Waals surface area contributed by atoms with E-state index in [1.54, 1.807) is 7.11 Å². The monoisotopic (exact) mass is 255 g/mol. The van der Waals surface area contributed by atoms with Crippen LogP contribution in [0.25, 0.3) is 0 Å². The van der Waals surface area contributed by atoms with E-state index >= 15 is 0 Å². The van der Waals surface area contributed by atoms with Gasteiger partial charge in [0.1, 0.15) is 6.10 Å². The van der Waals surface area contributed by atoms with Gasteiger partial charge >= 0.3 is 0 Å². The van der Waals surface area contributed by atoms with Crippen LogP contribution in [0.2, 0.25) is 0 Å². The number of aromatic nitrogens is 2. The summed E-state index contributed by atoms with van der Waals surface area (Å²) in [5.41, 5.74) is 5.73. The Labute approximate surface area is 109 Å². The van der Waals surface area contributed by atoms with Gasteiger partial charge in [-0.15, -0.1) is 0 Å². The zero-order chi connectivity index (χ0) is 13.5. The molecule has 0 aliphatic heterocycles. The third-order valence-electron chi connectivity index (χ3n) is 3.12. The highest BCUT2D eigenvalue weighted by atomic mass is 16.5. The van der Waals surface area contributed by atoms with E-state index in [1.807, 2.05) is 13.8 Å². The van der Waals surface area contributed by atoms with Crippen molar-refractivity contribution in [2.45, 2.75) is 64.5 Å². The summed E-state index contributed by atoms with van der Waals surface area (Å²) in [4.78, 5) is 4.42. The molecule has 18 heavy (non-hydrogen) atoms. The Kier molecular flexibility index (Phi) is 6.29. The molecule has 1 aromatic rings. The number of methoxy groups -OCH3 is 1. The van der Waals surface area contributed by atoms with E-state index in [9.17, 15) is 0 Å². The van der Waals surface area contributed by atoms with Crippen LogP contribution in [0.5, 0.6) is 0 Å². The number of hydrogen-bond donors (Lipinski definition) is 1. The Hall–Kier alpha value is -0.940. The summed E-state index contributed by atoms with van der Waals surface area (Å²) in [5, 5.41) is 3.99. The highest BCUT2D eigenvalue weighted by Crippen LogP contribution is 2.23. The van der Waals surface area contributed by atoms with Gasteiger partial charge in [0.25, 0.3) is 0 Å². The van der Waals surface area contributed by atoms with E-state index in [0.717, 1.165) is 25.7 Å². The van der Waals surface area contributed by atoms with Crippen LogP contribution in [0.1, 0.15) is 70.2 Å². The lowest BCUT2D eigenvalue weighted by molar-refractivity contribution is 0.0903. The normalized spacial score (nSPS) is 16.5. The van der Waals surface area contributed by atoms with Crippen molar-refractivity contribution in [2.75, 3.05) is 7.11 Å². The molecule has 3 atom stereocenters. The van der Waals surface area contributed by atoms with Crippen molar-refractivity contribution in [3.05, 3.63) is 11.7 Å². The minimum Gasteiger partial charge on any atom is -0.373 e. The molecule has 0 spiro atoms. The molecule has 1 rings (SSSR count). The van der Waals surface area contributed by atoms with Gasteiger partial charge in [0.2, 0.25) is 11.7 Å². The molecule has 2 N–H and O–H groups in total. The molecule has 0 aromatic carbocycles. The largest absolute Gasteiger partial charge is 0.373 e. The summed E-state index contributed by atoms with van der Waals surface area (Å²) in [6.45, 7) is 6.17. The number of rotatable bonds is 8. The molecule has 0 saturated heterocycles. The molecule has 0 aliphatic rings. The predicted molar refractivity (Wildman–Crippen MR) is 70.3 cm³/mol. The zero-order valence-electron chi connectivity index (χ0n) is 11.8. The summed E-state index contributed by atoms with van der Waals surface area (Å²) >= 11 is 0. The van der Waals surface area contributed by atoms with Gasteiger partial charge in [-0.25, -0.2) is 0 Å². The van der Waals surface area contributed by atoms with Crippen LogP contribution >= 0.6 is 0 Å². The van der Waals surface area contributed by atoms with Gasteiger partial charge < -0.3 is 15.0 Å². The summed E-state index contributed by atoms with van der Waals surface area (Å²) in [5.74, 6) is 1.62. The van der Waals surface area contributed by atoms with E-state index in [1.165, 1.54) is 0 Å². The van der Waals surface area contributed by atoms with E-state index < -0.39 is 0 Å². The molecule has 3 unspecified atom stereocenters. The van der Waals surface area contributed by atoms with Gasteiger partial charge in [-0.2, -0.15) is 4.98 Å². The fourth-order valence-electron chi connectivity index (χ4n) is 1.90. The van der Waals surface area contributed by atoms with E-state index in [2.05, 4.69) is 17.1 Å². The number of ether oxygens (including phenoxy) is 1. The van der Waals surface area contributed by atoms with Crippen LogP contribution in [-0.2, 0) is 4.74 Å². The van der Waals surface area contributed by atoms with E-state index in [-0.39, 0.29) is 18.1 Å². The lowest BCUT2D eigenvalue weighted by atomic mass is 10.0. The lowest BCUT2D eigenvalue weighted by Crippen LogP contribution is -2.14. The number of hydrogen-bond acceptors (Lipinski definition) is 5. The van der Waals surface area contributed by atoms with Crippen LogP contribution in [0.3, 0.4) is 0 Å². The van der Waals surface area contributed by atoms with Gasteiger partial charge in [-0.1, -0.05) is 25.4 Å². The fourth-order valence-corrected chi connectivity index (χ4v) is 1.90. The number of nitrogens with two attached hydrogens (primary N) is 1. The first-order valence-electron chi connectivity index (χ1n) is 6.70. The van der Waals surface area contributed by atoms with Gasteiger partial charge in [0, 0.05) is 19.1 Å². The quantitative estimate of drug-likeness (QED) is 0.773. The second kappa shape index (κ2) is 7.48. The van der Waals surface area contributed by atoms with Crippen LogP contribution in [0.4, 0.5) is 0 Å². The van der Waals surface area contributed by atoms with E-state index in [4.69, 9.17) is 15.0 Å². The van der Waals surface area contributed by atoms with Crippen molar-refractivity contribution in [1.29, 1.82) is 0 Å². The summed E-state index contributed by atoms with van der Waals surface area (Å²) in [6, 6.07) is 0.258. The van der Waals surface area contributed by atoms with Crippen molar-refractivity contribution >= 4 is 0 Å². The molecule has 0 saturated carbocycles. The third kappa shape index (κ3) is 4.38. The van der Waals surface area contributed by atoms with Gasteiger partial charge in [-0.05, 0) is 26.2 Å². The Balaban J connectivity index is 2.51. The standard InChI is InChI=1S/C13H25N3O2/c1-5-11(17-4)12-15-13(18-16-12)9(2)7-6-8-10(3)14/h9-11H,5-8,14H2,1-4H3. The Morgan fingerprint density at radius 3 is 2.61 bits per heavy atom. The maximum Gasteiger partial charge on any atom is 0.229 e. The molecule has 1 heterocycles. The molecule has 5 nitrogen and oxygen atoms in total. The predicted octanol–water partition coefficient (Wildman–Crippen LogP) is 2.79. The Bertz CT molecular complexity index is 335. The van der Waals surface area contributed by atoms with Crippen LogP contribution in [0.15, 0.2) is 4.52 Å². The SMILES string of the molecule is CCC(OC)c1noc(C(C)CCCC(C)N)n1. The molecule has 1 aromatic heterocycles. The average Bonchev–Trinajstić information content (AvgIpc) is 2.79. The first kappa shape index (κ1) is 15.1. The topological polar surface area (TPSA) is 74.2 Å². The van der Waals surface area contributed by atoms with Gasteiger partial charge in [-0.3, -0.25) is 0 Å². The van der Waals surface area contributed by atoms with Crippen molar-refractivity contribution in [3.63, 3.8) is 0 Å². The molecule has 104 valence electrons. The van der Waals surface area contributed by atoms with Gasteiger partial charge in [0.05, 0.1) is 0 Å². The van der Waals surface area contributed by atoms with Crippen LogP contribution in [0, 0.1) is 0 Å². The van der Waals surface area contributed by atoms with Crippen LogP contribution < -0.4 is 5.73 Å². The molecule has 0 fully saturated rings. The smallest absolute Gasteiger partial charge is 0.229 e. The average molecular weight is 255 g/mol. The van der Waals surface area contributed by atoms with E-state index in [0.29, 0.717) is 11.7 Å². The molecular weight excluding hydrogens is 230 g/mol. The minimum atomic E-state index is -0.0706. The minimum absolute atomic E-state index is 0.0706. The molecule has 0 aliphatic carbocycles.